The van der Waals surface area contributed by atoms with E-state index in [0.717, 1.165) is 11.4 Å². The van der Waals surface area contributed by atoms with Gasteiger partial charge in [-0.15, -0.1) is 0 Å². The number of nitrogens with zero attached hydrogens (tertiary/aromatic N) is 2. The minimum Gasteiger partial charge on any atom is -0.366 e. The molecule has 1 aliphatic heterocycles. The molecule has 188 valence electrons. The van der Waals surface area contributed by atoms with Crippen molar-refractivity contribution in [2.75, 3.05) is 29.5 Å². The molecule has 0 bridgehead atoms. The summed E-state index contributed by atoms with van der Waals surface area (Å²) in [6, 6.07) is 42.9. The van der Waals surface area contributed by atoms with Gasteiger partial charge in [-0.2, -0.15) is 0 Å². The second-order valence-electron chi connectivity index (χ2n) is 8.66. The molecular weight excluding hydrogens is 495 g/mol. The summed E-state index contributed by atoms with van der Waals surface area (Å²) < 4.78 is 11.8. The van der Waals surface area contributed by atoms with Gasteiger partial charge >= 0.3 is 0 Å². The average molecular weight is 527 g/mol. The molecule has 5 rings (SSSR count). The van der Waals surface area contributed by atoms with Crippen LogP contribution in [0.3, 0.4) is 0 Å². The van der Waals surface area contributed by atoms with Crippen molar-refractivity contribution in [3.05, 3.63) is 132 Å². The monoisotopic (exact) mass is 526 g/mol. The number of nitrogens with one attached hydrogen (secondary N) is 2. The van der Waals surface area contributed by atoms with E-state index in [1.165, 1.54) is 11.1 Å². The van der Waals surface area contributed by atoms with Gasteiger partial charge < -0.3 is 24.5 Å². The summed E-state index contributed by atoms with van der Waals surface area (Å²) in [5.41, 5.74) is 4.79. The predicted octanol–water partition coefficient (Wildman–Crippen LogP) is 6.83. The van der Waals surface area contributed by atoms with Gasteiger partial charge in [0.15, 0.2) is 5.11 Å². The molecule has 2 N–H and O–H groups in total. The Kier molecular flexibility index (Phi) is 8.32. The fourth-order valence-corrected chi connectivity index (χ4v) is 7.14. The zero-order valence-corrected chi connectivity index (χ0v) is 22.5. The Morgan fingerprint density at radius 2 is 1.11 bits per heavy atom. The highest BCUT2D eigenvalue weighted by molar-refractivity contribution is 7.80. The molecule has 0 aromatic heterocycles. The van der Waals surface area contributed by atoms with Crippen LogP contribution in [-0.2, 0) is 4.52 Å². The van der Waals surface area contributed by atoms with E-state index < -0.39 is 8.45 Å². The maximum Gasteiger partial charge on any atom is 0.249 e. The first kappa shape index (κ1) is 25.2. The molecule has 0 aliphatic carbocycles. The van der Waals surface area contributed by atoms with Gasteiger partial charge in [-0.25, -0.2) is 0 Å². The second kappa shape index (κ2) is 12.2. The third kappa shape index (κ3) is 5.62. The largest absolute Gasteiger partial charge is 0.366 e. The molecule has 7 heteroatoms. The van der Waals surface area contributed by atoms with Crippen LogP contribution in [0.5, 0.6) is 0 Å². The third-order valence-electron chi connectivity index (χ3n) is 6.34. The molecule has 0 radical (unpaired) electrons. The Labute approximate surface area is 226 Å². The van der Waals surface area contributed by atoms with E-state index in [0.29, 0.717) is 18.3 Å². The van der Waals surface area contributed by atoms with Crippen molar-refractivity contribution in [1.82, 2.24) is 10.6 Å². The van der Waals surface area contributed by atoms with Crippen molar-refractivity contribution in [3.63, 3.8) is 0 Å². The highest BCUT2D eigenvalue weighted by Gasteiger charge is 2.50. The molecule has 0 saturated carbocycles. The number of hydrogen-bond acceptors (Lipinski definition) is 4. The van der Waals surface area contributed by atoms with Gasteiger partial charge in [-0.05, 0) is 47.6 Å². The molecule has 37 heavy (non-hydrogen) atoms. The molecule has 5 nitrogen and oxygen atoms in total. The Balaban J connectivity index is 1.65. The van der Waals surface area contributed by atoms with Crippen LogP contribution in [0.1, 0.15) is 23.2 Å². The van der Waals surface area contributed by atoms with Crippen LogP contribution in [0.15, 0.2) is 121 Å². The van der Waals surface area contributed by atoms with E-state index in [9.17, 15) is 0 Å². The highest BCUT2D eigenvalue weighted by Crippen LogP contribution is 2.67. The van der Waals surface area contributed by atoms with Gasteiger partial charge in [0.1, 0.15) is 0 Å². The van der Waals surface area contributed by atoms with Crippen LogP contribution in [0.2, 0.25) is 0 Å². The molecule has 1 fully saturated rings. The zero-order chi connectivity index (χ0) is 25.5. The molecule has 1 saturated heterocycles. The van der Waals surface area contributed by atoms with Gasteiger partial charge in [0.05, 0.1) is 18.7 Å². The maximum absolute atomic E-state index is 6.80. The number of rotatable bonds is 8. The molecule has 1 aliphatic rings. The maximum atomic E-state index is 6.80. The molecule has 1 heterocycles. The van der Waals surface area contributed by atoms with Crippen molar-refractivity contribution in [3.8, 4) is 0 Å². The summed E-state index contributed by atoms with van der Waals surface area (Å²) in [5, 5.41) is 6.81. The standard InChI is InChI=1S/C30H31N4OPS/c1-31-30(37)32-22-23-35-36-33(26-18-10-4-11-19-26)28(24-14-6-2-7-15-24)29(25-16-8-3-9-17-25)34(36)27-20-12-5-13-21-27/h2-21,28-29H,22-23H2,1H3,(H2,31,32,37)/t28-,29-/m1/s1. The predicted molar refractivity (Wildman–Crippen MR) is 159 cm³/mol. The Hall–Kier alpha value is -3.44. The average Bonchev–Trinajstić information content (AvgIpc) is 3.32. The summed E-state index contributed by atoms with van der Waals surface area (Å²) in [4.78, 5) is 0. The van der Waals surface area contributed by atoms with Crippen molar-refractivity contribution < 1.29 is 4.52 Å². The summed E-state index contributed by atoms with van der Waals surface area (Å²) in [6.07, 6.45) is 0. The smallest absolute Gasteiger partial charge is 0.249 e. The minimum absolute atomic E-state index is 0.0451. The molecule has 4 aromatic carbocycles. The summed E-state index contributed by atoms with van der Waals surface area (Å²) in [5.74, 6) is 0. The number of anilines is 2. The van der Waals surface area contributed by atoms with Crippen LogP contribution in [-0.4, -0.2) is 25.3 Å². The van der Waals surface area contributed by atoms with Gasteiger partial charge in [0, 0.05) is 25.0 Å². The number of para-hydroxylation sites is 2. The van der Waals surface area contributed by atoms with Crippen molar-refractivity contribution in [1.29, 1.82) is 0 Å². The van der Waals surface area contributed by atoms with Gasteiger partial charge in [0.2, 0.25) is 8.45 Å². The topological polar surface area (TPSA) is 39.8 Å². The lowest BCUT2D eigenvalue weighted by Gasteiger charge is -2.32. The van der Waals surface area contributed by atoms with E-state index in [2.05, 4.69) is 141 Å². The molecular formula is C30H31N4OPS. The van der Waals surface area contributed by atoms with Crippen LogP contribution in [0, 0.1) is 0 Å². The molecule has 4 aromatic rings. The minimum atomic E-state index is -1.22. The van der Waals surface area contributed by atoms with Crippen molar-refractivity contribution in [2.45, 2.75) is 12.1 Å². The van der Waals surface area contributed by atoms with E-state index in [1.807, 2.05) is 7.05 Å². The molecule has 0 unspecified atom stereocenters. The summed E-state index contributed by atoms with van der Waals surface area (Å²) in [7, 11) is 0.597. The third-order valence-corrected chi connectivity index (χ3v) is 8.80. The fraction of sp³-hybridized carbons (Fsp3) is 0.167. The van der Waals surface area contributed by atoms with Gasteiger partial charge in [-0.3, -0.25) is 0 Å². The van der Waals surface area contributed by atoms with E-state index >= 15 is 0 Å². The number of thiocarbonyl (C=S) groups is 1. The lowest BCUT2D eigenvalue weighted by atomic mass is 9.92. The zero-order valence-electron chi connectivity index (χ0n) is 20.8. The number of benzene rings is 4. The normalized spacial score (nSPS) is 17.5. The lowest BCUT2D eigenvalue weighted by molar-refractivity contribution is 0.355. The first-order chi connectivity index (χ1) is 18.3. The second-order valence-corrected chi connectivity index (χ2v) is 10.7. The Bertz CT molecular complexity index is 1180. The first-order valence-corrected chi connectivity index (χ1v) is 14.0. The summed E-state index contributed by atoms with van der Waals surface area (Å²) >= 11 is 5.27. The van der Waals surface area contributed by atoms with E-state index in [-0.39, 0.29) is 12.1 Å². The van der Waals surface area contributed by atoms with Crippen LogP contribution in [0.25, 0.3) is 0 Å². The van der Waals surface area contributed by atoms with Crippen LogP contribution < -0.4 is 20.0 Å². The van der Waals surface area contributed by atoms with Gasteiger partial charge in [-0.1, -0.05) is 97.1 Å². The van der Waals surface area contributed by atoms with Crippen molar-refractivity contribution in [2.24, 2.45) is 0 Å². The van der Waals surface area contributed by atoms with Crippen molar-refractivity contribution >= 4 is 37.2 Å². The lowest BCUT2D eigenvalue weighted by Crippen LogP contribution is -2.34. The Morgan fingerprint density at radius 3 is 1.51 bits per heavy atom. The van der Waals surface area contributed by atoms with Crippen LogP contribution in [0.4, 0.5) is 11.4 Å². The Morgan fingerprint density at radius 1 is 0.703 bits per heavy atom. The van der Waals surface area contributed by atoms with E-state index in [1.54, 1.807) is 0 Å². The fourth-order valence-electron chi connectivity index (χ4n) is 4.72. The number of hydrogen-bond donors (Lipinski definition) is 2. The summed E-state index contributed by atoms with van der Waals surface area (Å²) in [6.45, 7) is 1.14. The molecule has 0 spiro atoms. The molecule has 2 atom stereocenters. The van der Waals surface area contributed by atoms with Gasteiger partial charge in [0.25, 0.3) is 0 Å². The first-order valence-electron chi connectivity index (χ1n) is 12.4. The van der Waals surface area contributed by atoms with Crippen LogP contribution >= 0.6 is 20.7 Å². The highest BCUT2D eigenvalue weighted by atomic mass is 32.1. The molecule has 0 amide bonds. The van der Waals surface area contributed by atoms with E-state index in [4.69, 9.17) is 16.7 Å². The quantitative estimate of drug-likeness (QED) is 0.149. The SMILES string of the molecule is CNC(=S)NCCOP1N(c2ccccc2)[C@H](c2ccccc2)[C@@H](c2ccccc2)N1c1ccccc1.